The third-order valence-corrected chi connectivity index (χ3v) is 11.5. The van der Waals surface area contributed by atoms with E-state index in [2.05, 4.69) is 217 Å². The van der Waals surface area contributed by atoms with Gasteiger partial charge in [-0.1, -0.05) is 141 Å². The summed E-state index contributed by atoms with van der Waals surface area (Å²) < 4.78 is 2.37. The number of benzene rings is 7. The van der Waals surface area contributed by atoms with Gasteiger partial charge in [-0.25, -0.2) is 0 Å². The number of hydrogen-bond donors (Lipinski definition) is 0. The van der Waals surface area contributed by atoms with E-state index in [1.807, 2.05) is 0 Å². The standard InChI is InChI=1S/C52H40N2/c1-52(2)48-20-11-5-10-18-44(48)46-35-43(31-32-49(46)52)53(41-27-22-37(23-28-41)36-14-6-3-7-15-36)42-29-24-38(25-30-42)39-26-33-51-47(34-39)45-19-12-13-21-50(45)54(51)40-16-8-4-9-17-40/h3-19,21-35H,20H2,1-2H3. The largest absolute Gasteiger partial charge is 0.310 e. The lowest BCUT2D eigenvalue weighted by molar-refractivity contribution is 0.626. The fourth-order valence-electron chi connectivity index (χ4n) is 8.76. The molecule has 0 aliphatic heterocycles. The molecule has 0 fully saturated rings. The fraction of sp³-hybridized carbons (Fsp3) is 0.0769. The van der Waals surface area contributed by atoms with Gasteiger partial charge in [-0.2, -0.15) is 0 Å². The van der Waals surface area contributed by atoms with Crippen LogP contribution in [-0.2, 0) is 5.41 Å². The van der Waals surface area contributed by atoms with Crippen molar-refractivity contribution in [1.82, 2.24) is 4.57 Å². The van der Waals surface area contributed by atoms with E-state index >= 15 is 0 Å². The van der Waals surface area contributed by atoms with Crippen molar-refractivity contribution >= 4 is 44.4 Å². The highest BCUT2D eigenvalue weighted by molar-refractivity contribution is 6.10. The Hall–Kier alpha value is -6.64. The summed E-state index contributed by atoms with van der Waals surface area (Å²) in [5.74, 6) is 0. The topological polar surface area (TPSA) is 8.17 Å². The minimum absolute atomic E-state index is 0.0134. The summed E-state index contributed by atoms with van der Waals surface area (Å²) in [5.41, 5.74) is 17.4. The molecule has 258 valence electrons. The predicted octanol–water partition coefficient (Wildman–Crippen LogP) is 14.1. The Morgan fingerprint density at radius 2 is 1.09 bits per heavy atom. The first-order valence-electron chi connectivity index (χ1n) is 18.9. The maximum Gasteiger partial charge on any atom is 0.0541 e. The first kappa shape index (κ1) is 32.0. The highest BCUT2D eigenvalue weighted by atomic mass is 15.1. The van der Waals surface area contributed by atoms with E-state index in [9.17, 15) is 0 Å². The van der Waals surface area contributed by atoms with Gasteiger partial charge in [0, 0.05) is 38.9 Å². The van der Waals surface area contributed by atoms with Crippen LogP contribution < -0.4 is 4.90 Å². The van der Waals surface area contributed by atoms with Gasteiger partial charge in [0.2, 0.25) is 0 Å². The molecule has 10 rings (SSSR count). The maximum absolute atomic E-state index is 2.41. The SMILES string of the molecule is CC1(C)C2=C(C=CC=CC2)c2cc(N(c3ccc(-c4ccccc4)cc3)c3ccc(-c4ccc5c(c4)c4ccccc4n5-c4ccccc4)cc3)ccc21. The van der Waals surface area contributed by atoms with E-state index < -0.39 is 0 Å². The van der Waals surface area contributed by atoms with Crippen molar-refractivity contribution in [2.75, 3.05) is 4.90 Å². The smallest absolute Gasteiger partial charge is 0.0541 e. The molecule has 0 saturated heterocycles. The van der Waals surface area contributed by atoms with Crippen molar-refractivity contribution < 1.29 is 0 Å². The van der Waals surface area contributed by atoms with Crippen LogP contribution in [0.5, 0.6) is 0 Å². The minimum Gasteiger partial charge on any atom is -0.310 e. The van der Waals surface area contributed by atoms with Crippen molar-refractivity contribution in [2.45, 2.75) is 25.7 Å². The Balaban J connectivity index is 1.07. The van der Waals surface area contributed by atoms with Gasteiger partial charge in [-0.05, 0) is 118 Å². The van der Waals surface area contributed by atoms with E-state index in [0.717, 1.165) is 23.5 Å². The lowest BCUT2D eigenvalue weighted by atomic mass is 9.80. The molecule has 1 aromatic heterocycles. The lowest BCUT2D eigenvalue weighted by Crippen LogP contribution is -2.17. The summed E-state index contributed by atoms with van der Waals surface area (Å²) in [6.45, 7) is 4.74. The number of anilines is 3. The van der Waals surface area contributed by atoms with Crippen LogP contribution in [-0.4, -0.2) is 4.57 Å². The number of fused-ring (bicyclic) bond motifs is 5. The third kappa shape index (κ3) is 5.25. The van der Waals surface area contributed by atoms with Gasteiger partial charge in [0.1, 0.15) is 0 Å². The van der Waals surface area contributed by atoms with E-state index in [-0.39, 0.29) is 5.41 Å². The number of aromatic nitrogens is 1. The summed E-state index contributed by atoms with van der Waals surface area (Å²) in [6, 6.07) is 62.0. The van der Waals surface area contributed by atoms with Crippen LogP contribution in [0.15, 0.2) is 200 Å². The monoisotopic (exact) mass is 692 g/mol. The van der Waals surface area contributed by atoms with Crippen molar-refractivity contribution in [3.05, 3.63) is 211 Å². The fourth-order valence-corrected chi connectivity index (χ4v) is 8.76. The van der Waals surface area contributed by atoms with Crippen LogP contribution in [0.2, 0.25) is 0 Å². The summed E-state index contributed by atoms with van der Waals surface area (Å²) >= 11 is 0. The van der Waals surface area contributed by atoms with Gasteiger partial charge in [0.05, 0.1) is 11.0 Å². The van der Waals surface area contributed by atoms with Crippen LogP contribution in [0.3, 0.4) is 0 Å². The molecular weight excluding hydrogens is 653 g/mol. The van der Waals surface area contributed by atoms with Crippen LogP contribution in [0.25, 0.3) is 55.3 Å². The molecule has 54 heavy (non-hydrogen) atoms. The van der Waals surface area contributed by atoms with Gasteiger partial charge in [0.15, 0.2) is 0 Å². The Labute approximate surface area is 317 Å². The van der Waals surface area contributed by atoms with Crippen LogP contribution in [0, 0.1) is 0 Å². The molecule has 1 heterocycles. The number of hydrogen-bond acceptors (Lipinski definition) is 1. The van der Waals surface area contributed by atoms with Crippen molar-refractivity contribution in [2.24, 2.45) is 0 Å². The molecule has 0 saturated carbocycles. The zero-order chi connectivity index (χ0) is 36.2. The molecule has 0 N–H and O–H groups in total. The lowest BCUT2D eigenvalue weighted by Gasteiger charge is -2.28. The summed E-state index contributed by atoms with van der Waals surface area (Å²) in [5, 5.41) is 2.52. The molecule has 0 spiro atoms. The van der Waals surface area contributed by atoms with Crippen LogP contribution in [0.1, 0.15) is 31.4 Å². The highest BCUT2D eigenvalue weighted by Crippen LogP contribution is 2.51. The number of rotatable bonds is 6. The molecular formula is C52H40N2. The number of allylic oxidation sites excluding steroid dienone is 6. The molecule has 7 aromatic carbocycles. The van der Waals surface area contributed by atoms with Crippen molar-refractivity contribution in [3.8, 4) is 27.9 Å². The molecule has 0 atom stereocenters. The normalized spacial score (nSPS) is 14.3. The Morgan fingerprint density at radius 3 is 1.83 bits per heavy atom. The molecule has 2 aliphatic carbocycles. The second kappa shape index (κ2) is 12.8. The van der Waals surface area contributed by atoms with Crippen LogP contribution in [0.4, 0.5) is 17.1 Å². The zero-order valence-corrected chi connectivity index (χ0v) is 30.6. The quantitative estimate of drug-likeness (QED) is 0.168. The molecule has 2 aliphatic rings. The van der Waals surface area contributed by atoms with Gasteiger partial charge in [-0.15, -0.1) is 0 Å². The molecule has 2 heteroatoms. The minimum atomic E-state index is -0.0134. The van der Waals surface area contributed by atoms with E-state index in [4.69, 9.17) is 0 Å². The average molecular weight is 693 g/mol. The first-order chi connectivity index (χ1) is 26.5. The Morgan fingerprint density at radius 1 is 0.500 bits per heavy atom. The summed E-state index contributed by atoms with van der Waals surface area (Å²) in [6.07, 6.45) is 9.94. The molecule has 8 aromatic rings. The Kier molecular flexibility index (Phi) is 7.59. The maximum atomic E-state index is 2.41. The zero-order valence-electron chi connectivity index (χ0n) is 30.6. The molecule has 0 radical (unpaired) electrons. The molecule has 0 bridgehead atoms. The summed E-state index contributed by atoms with van der Waals surface area (Å²) in [4.78, 5) is 2.40. The van der Waals surface area contributed by atoms with Gasteiger partial charge >= 0.3 is 0 Å². The first-order valence-corrected chi connectivity index (χ1v) is 18.9. The average Bonchev–Trinajstić information content (AvgIpc) is 3.49. The number of nitrogens with zero attached hydrogens (tertiary/aromatic N) is 2. The van der Waals surface area contributed by atoms with Gasteiger partial charge in [0.25, 0.3) is 0 Å². The van der Waals surface area contributed by atoms with Crippen molar-refractivity contribution in [1.29, 1.82) is 0 Å². The van der Waals surface area contributed by atoms with Crippen LogP contribution >= 0.6 is 0 Å². The van der Waals surface area contributed by atoms with E-state index in [0.29, 0.717) is 0 Å². The molecule has 0 unspecified atom stereocenters. The highest BCUT2D eigenvalue weighted by Gasteiger charge is 2.37. The second-order valence-electron chi connectivity index (χ2n) is 15.0. The second-order valence-corrected chi connectivity index (χ2v) is 15.0. The van der Waals surface area contributed by atoms with E-state index in [1.165, 1.54) is 72.0 Å². The number of para-hydroxylation sites is 2. The third-order valence-electron chi connectivity index (χ3n) is 11.5. The Bertz CT molecular complexity index is 2780. The molecule has 2 nitrogen and oxygen atoms in total. The van der Waals surface area contributed by atoms with Crippen molar-refractivity contribution in [3.63, 3.8) is 0 Å². The van der Waals surface area contributed by atoms with Gasteiger partial charge in [-0.3, -0.25) is 0 Å². The van der Waals surface area contributed by atoms with Gasteiger partial charge < -0.3 is 9.47 Å². The van der Waals surface area contributed by atoms with E-state index in [1.54, 1.807) is 0 Å². The molecule has 0 amide bonds. The summed E-state index contributed by atoms with van der Waals surface area (Å²) in [7, 11) is 0. The predicted molar refractivity (Wildman–Crippen MR) is 229 cm³/mol.